The average Bonchev–Trinajstić information content (AvgIpc) is 2.98. The van der Waals surface area contributed by atoms with E-state index in [2.05, 4.69) is 10.5 Å². The predicted octanol–water partition coefficient (Wildman–Crippen LogP) is 4.37. The first-order valence-electron chi connectivity index (χ1n) is 7.64. The summed E-state index contributed by atoms with van der Waals surface area (Å²) >= 11 is 0. The van der Waals surface area contributed by atoms with Crippen molar-refractivity contribution in [1.82, 2.24) is 5.16 Å². The third-order valence-corrected chi connectivity index (χ3v) is 3.64. The number of carbonyl (C=O) groups is 1. The molecule has 0 aliphatic carbocycles. The van der Waals surface area contributed by atoms with Crippen LogP contribution in [-0.2, 0) is 6.61 Å². The molecule has 3 aromatic rings. The van der Waals surface area contributed by atoms with Crippen LogP contribution < -0.4 is 10.1 Å². The zero-order valence-electron chi connectivity index (χ0n) is 13.9. The lowest BCUT2D eigenvalue weighted by atomic mass is 10.2. The summed E-state index contributed by atoms with van der Waals surface area (Å²) in [5, 5.41) is 5.96. The summed E-state index contributed by atoms with van der Waals surface area (Å²) in [5.74, 6) is -4.57. The van der Waals surface area contributed by atoms with Gasteiger partial charge in [0.25, 0.3) is 5.91 Å². The van der Waals surface area contributed by atoms with Crippen molar-refractivity contribution in [3.8, 4) is 5.75 Å². The number of rotatable bonds is 5. The predicted molar refractivity (Wildman–Crippen MR) is 86.2 cm³/mol. The molecular weight excluding hydrogens is 368 g/mol. The smallest absolute Gasteiger partial charge is 0.278 e. The molecule has 2 aromatic carbocycles. The number of aryl methyl sites for hydroxylation is 1. The molecule has 3 rings (SSSR count). The van der Waals surface area contributed by atoms with Crippen LogP contribution in [0.5, 0.6) is 5.75 Å². The first kappa shape index (κ1) is 18.4. The number of halogens is 4. The van der Waals surface area contributed by atoms with E-state index in [4.69, 9.17) is 9.26 Å². The van der Waals surface area contributed by atoms with E-state index in [1.807, 2.05) is 0 Å². The van der Waals surface area contributed by atoms with Gasteiger partial charge in [0, 0.05) is 17.8 Å². The summed E-state index contributed by atoms with van der Waals surface area (Å²) in [4.78, 5) is 12.3. The molecule has 1 heterocycles. The molecule has 1 amide bonds. The topological polar surface area (TPSA) is 64.4 Å². The fraction of sp³-hybridized carbons (Fsp3) is 0.111. The number of hydrogen-bond acceptors (Lipinski definition) is 4. The quantitative estimate of drug-likeness (QED) is 0.668. The van der Waals surface area contributed by atoms with Crippen molar-refractivity contribution < 1.29 is 31.6 Å². The molecule has 9 heteroatoms. The van der Waals surface area contributed by atoms with Crippen molar-refractivity contribution in [3.05, 3.63) is 76.7 Å². The Kier molecular flexibility index (Phi) is 5.11. The molecule has 1 aromatic heterocycles. The van der Waals surface area contributed by atoms with Crippen LogP contribution >= 0.6 is 0 Å². The van der Waals surface area contributed by atoms with Crippen LogP contribution in [0.3, 0.4) is 0 Å². The van der Waals surface area contributed by atoms with Gasteiger partial charge in [-0.25, -0.2) is 17.6 Å². The summed E-state index contributed by atoms with van der Waals surface area (Å²) in [7, 11) is 0. The highest BCUT2D eigenvalue weighted by Crippen LogP contribution is 2.22. The van der Waals surface area contributed by atoms with Crippen LogP contribution in [0.1, 0.15) is 21.8 Å². The Morgan fingerprint density at radius 2 is 1.85 bits per heavy atom. The first-order chi connectivity index (χ1) is 12.8. The Balaban J connectivity index is 1.77. The molecule has 0 fully saturated rings. The van der Waals surface area contributed by atoms with Crippen LogP contribution in [0.2, 0.25) is 0 Å². The molecule has 0 aliphatic rings. The van der Waals surface area contributed by atoms with Crippen LogP contribution in [0.15, 0.2) is 40.9 Å². The van der Waals surface area contributed by atoms with E-state index in [1.165, 1.54) is 13.0 Å². The second kappa shape index (κ2) is 7.48. The Morgan fingerprint density at radius 1 is 1.07 bits per heavy atom. The largest absolute Gasteiger partial charge is 0.486 e. The number of anilines is 1. The maximum atomic E-state index is 13.6. The summed E-state index contributed by atoms with van der Waals surface area (Å²) < 4.78 is 63.0. The zero-order valence-corrected chi connectivity index (χ0v) is 13.9. The first-order valence-corrected chi connectivity index (χ1v) is 7.64. The number of hydrogen-bond donors (Lipinski definition) is 1. The number of carbonyl (C=O) groups excluding carboxylic acids is 1. The molecule has 27 heavy (non-hydrogen) atoms. The molecule has 0 atom stereocenters. The maximum absolute atomic E-state index is 13.6. The van der Waals surface area contributed by atoms with Gasteiger partial charge in [-0.1, -0.05) is 5.16 Å². The molecule has 5 nitrogen and oxygen atoms in total. The Bertz CT molecular complexity index is 1000. The second-order valence-electron chi connectivity index (χ2n) is 5.51. The fourth-order valence-corrected chi connectivity index (χ4v) is 2.25. The monoisotopic (exact) mass is 380 g/mol. The number of aromatic nitrogens is 1. The Morgan fingerprint density at radius 3 is 2.56 bits per heavy atom. The highest BCUT2D eigenvalue weighted by atomic mass is 19.2. The number of ether oxygens (including phenoxy) is 1. The van der Waals surface area contributed by atoms with Crippen LogP contribution in [0, 0.1) is 30.2 Å². The minimum absolute atomic E-state index is 0.0102. The average molecular weight is 380 g/mol. The van der Waals surface area contributed by atoms with Gasteiger partial charge >= 0.3 is 0 Å². The van der Waals surface area contributed by atoms with Crippen LogP contribution in [0.25, 0.3) is 0 Å². The maximum Gasteiger partial charge on any atom is 0.278 e. The van der Waals surface area contributed by atoms with Gasteiger partial charge in [0.1, 0.15) is 18.2 Å². The van der Waals surface area contributed by atoms with Gasteiger partial charge in [-0.2, -0.15) is 0 Å². The van der Waals surface area contributed by atoms with E-state index in [1.54, 1.807) is 0 Å². The molecule has 0 saturated carbocycles. The van der Waals surface area contributed by atoms with Crippen molar-refractivity contribution in [3.63, 3.8) is 0 Å². The lowest BCUT2D eigenvalue weighted by Gasteiger charge is -2.08. The fourth-order valence-electron chi connectivity index (χ4n) is 2.25. The number of nitrogens with zero attached hydrogens (tertiary/aromatic N) is 1. The molecule has 0 aliphatic heterocycles. The Hall–Kier alpha value is -3.36. The van der Waals surface area contributed by atoms with Crippen molar-refractivity contribution in [2.75, 3.05) is 5.32 Å². The zero-order chi connectivity index (χ0) is 19.6. The van der Waals surface area contributed by atoms with E-state index >= 15 is 0 Å². The molecular formula is C18H12F4N2O3. The molecule has 1 N–H and O–H groups in total. The Labute approximate surface area is 150 Å². The third-order valence-electron chi connectivity index (χ3n) is 3.64. The van der Waals surface area contributed by atoms with Crippen molar-refractivity contribution in [2.24, 2.45) is 0 Å². The van der Waals surface area contributed by atoms with E-state index in [9.17, 15) is 22.4 Å². The van der Waals surface area contributed by atoms with E-state index in [0.29, 0.717) is 6.07 Å². The van der Waals surface area contributed by atoms with E-state index < -0.39 is 29.2 Å². The molecule has 0 saturated heterocycles. The van der Waals surface area contributed by atoms with Crippen LogP contribution in [0.4, 0.5) is 23.2 Å². The van der Waals surface area contributed by atoms with Gasteiger partial charge in [0.05, 0.1) is 5.56 Å². The van der Waals surface area contributed by atoms with E-state index in [-0.39, 0.29) is 35.1 Å². The highest BCUT2D eigenvalue weighted by molar-refractivity contribution is 6.03. The van der Waals surface area contributed by atoms with Gasteiger partial charge in [-0.05, 0) is 31.2 Å². The van der Waals surface area contributed by atoms with Crippen molar-refractivity contribution in [2.45, 2.75) is 13.5 Å². The minimum atomic E-state index is -1.13. The standard InChI is InChI=1S/C18H12F4N2O3/c1-9-12(8-26-16-5-2-10(19)6-15(16)22)17(24-27-9)18(25)23-11-3-4-13(20)14(21)7-11/h2-7H,8H2,1H3,(H,23,25). The molecule has 0 unspecified atom stereocenters. The normalized spacial score (nSPS) is 10.7. The van der Waals surface area contributed by atoms with Crippen molar-refractivity contribution >= 4 is 11.6 Å². The molecule has 0 bridgehead atoms. The highest BCUT2D eigenvalue weighted by Gasteiger charge is 2.21. The number of benzene rings is 2. The molecule has 0 radical (unpaired) electrons. The summed E-state index contributed by atoms with van der Waals surface area (Å²) in [5.41, 5.74) is 0.0644. The lowest BCUT2D eigenvalue weighted by molar-refractivity contribution is 0.101. The SMILES string of the molecule is Cc1onc(C(=O)Nc2ccc(F)c(F)c2)c1COc1ccc(F)cc1F. The van der Waals surface area contributed by atoms with Crippen molar-refractivity contribution in [1.29, 1.82) is 0 Å². The number of nitrogens with one attached hydrogen (secondary N) is 1. The summed E-state index contributed by atoms with van der Waals surface area (Å²) in [6, 6.07) is 5.63. The minimum Gasteiger partial charge on any atom is -0.486 e. The van der Waals surface area contributed by atoms with E-state index in [0.717, 1.165) is 24.3 Å². The van der Waals surface area contributed by atoms with Gasteiger partial charge < -0.3 is 14.6 Å². The van der Waals surface area contributed by atoms with Gasteiger partial charge in [-0.3, -0.25) is 4.79 Å². The summed E-state index contributed by atoms with van der Waals surface area (Å²) in [6.07, 6.45) is 0. The van der Waals surface area contributed by atoms with Gasteiger partial charge in [0.15, 0.2) is 28.9 Å². The second-order valence-corrected chi connectivity index (χ2v) is 5.51. The number of amides is 1. The molecule has 140 valence electrons. The molecule has 0 spiro atoms. The summed E-state index contributed by atoms with van der Waals surface area (Å²) in [6.45, 7) is 1.24. The lowest BCUT2D eigenvalue weighted by Crippen LogP contribution is -2.15. The van der Waals surface area contributed by atoms with Gasteiger partial charge in [0.2, 0.25) is 0 Å². The van der Waals surface area contributed by atoms with Gasteiger partial charge in [-0.15, -0.1) is 0 Å². The third kappa shape index (κ3) is 4.08. The van der Waals surface area contributed by atoms with Crippen LogP contribution in [-0.4, -0.2) is 11.1 Å².